The highest BCUT2D eigenvalue weighted by Crippen LogP contribution is 2.32. The minimum Gasteiger partial charge on any atom is -0.0900 e. The summed E-state index contributed by atoms with van der Waals surface area (Å²) in [5, 5.41) is 1.19. The van der Waals surface area contributed by atoms with Crippen LogP contribution in [0.15, 0.2) is 58.3 Å². The molecule has 0 N–H and O–H groups in total. The van der Waals surface area contributed by atoms with Crippen LogP contribution >= 0.6 is 35.0 Å². The molecule has 0 saturated carbocycles. The largest absolute Gasteiger partial charge is 0.0900 e. The van der Waals surface area contributed by atoms with Gasteiger partial charge in [0.15, 0.2) is 0 Å². The molecule has 0 saturated heterocycles. The molecule has 0 radical (unpaired) electrons. The monoisotopic (exact) mass is 254 g/mol. The normalized spacial score (nSPS) is 10.3. The molecule has 2 aromatic rings. The van der Waals surface area contributed by atoms with E-state index in [2.05, 4.69) is 12.1 Å². The second-order valence-corrected chi connectivity index (χ2v) is 4.95. The molecule has 0 aliphatic heterocycles. The predicted octanol–water partition coefficient (Wildman–Crippen LogP) is 5.14. The van der Waals surface area contributed by atoms with Crippen molar-refractivity contribution < 1.29 is 0 Å². The maximum Gasteiger partial charge on any atom is 0.0603 e. The van der Waals surface area contributed by atoms with Crippen molar-refractivity contribution in [2.45, 2.75) is 9.79 Å². The summed E-state index contributed by atoms with van der Waals surface area (Å²) in [4.78, 5) is 2.28. The predicted molar refractivity (Wildman–Crippen MR) is 67.0 cm³/mol. The lowest BCUT2D eigenvalue weighted by molar-refractivity contribution is 1.41. The van der Waals surface area contributed by atoms with Crippen LogP contribution in [0.4, 0.5) is 0 Å². The van der Waals surface area contributed by atoms with Gasteiger partial charge in [0.25, 0.3) is 0 Å². The molecule has 15 heavy (non-hydrogen) atoms. The van der Waals surface area contributed by atoms with E-state index >= 15 is 0 Å². The second kappa shape index (κ2) is 4.93. The average Bonchev–Trinajstić information content (AvgIpc) is 2.25. The number of benzene rings is 2. The van der Waals surface area contributed by atoms with Crippen LogP contribution in [0.1, 0.15) is 0 Å². The van der Waals surface area contributed by atoms with Gasteiger partial charge in [0, 0.05) is 9.79 Å². The van der Waals surface area contributed by atoms with E-state index in [1.54, 1.807) is 11.8 Å². The minimum absolute atomic E-state index is 0.592. The molecule has 0 aromatic heterocycles. The Morgan fingerprint density at radius 3 is 2.13 bits per heavy atom. The minimum atomic E-state index is 0.592. The zero-order chi connectivity index (χ0) is 10.7. The molecule has 0 atom stereocenters. The summed E-state index contributed by atoms with van der Waals surface area (Å²) in [5.41, 5.74) is 0. The topological polar surface area (TPSA) is 0 Å². The van der Waals surface area contributed by atoms with Crippen molar-refractivity contribution >= 4 is 35.0 Å². The van der Waals surface area contributed by atoms with E-state index in [0.717, 1.165) is 4.90 Å². The van der Waals surface area contributed by atoms with Crippen molar-refractivity contribution in [3.05, 3.63) is 58.6 Å². The third-order valence-electron chi connectivity index (χ3n) is 1.87. The van der Waals surface area contributed by atoms with Gasteiger partial charge < -0.3 is 0 Å². The van der Waals surface area contributed by atoms with Crippen molar-refractivity contribution in [1.82, 2.24) is 0 Å². The fourth-order valence-corrected chi connectivity index (χ4v) is 2.41. The molecule has 76 valence electrons. The van der Waals surface area contributed by atoms with E-state index in [9.17, 15) is 0 Å². The van der Waals surface area contributed by atoms with E-state index < -0.39 is 0 Å². The molecular weight excluding hydrogens is 247 g/mol. The molecule has 2 rings (SSSR count). The Hall–Kier alpha value is -0.630. The first-order chi connectivity index (χ1) is 7.25. The van der Waals surface area contributed by atoms with Crippen molar-refractivity contribution in [3.8, 4) is 0 Å². The van der Waals surface area contributed by atoms with Crippen molar-refractivity contribution in [1.29, 1.82) is 0 Å². The summed E-state index contributed by atoms with van der Waals surface area (Å²) in [5.74, 6) is 0. The van der Waals surface area contributed by atoms with Gasteiger partial charge in [0.1, 0.15) is 0 Å². The third kappa shape index (κ3) is 2.91. The van der Waals surface area contributed by atoms with Gasteiger partial charge >= 0.3 is 0 Å². The van der Waals surface area contributed by atoms with Gasteiger partial charge in [-0.3, -0.25) is 0 Å². The van der Waals surface area contributed by atoms with Crippen LogP contribution in [0.25, 0.3) is 0 Å². The van der Waals surface area contributed by atoms with Gasteiger partial charge in [-0.05, 0) is 30.3 Å². The maximum absolute atomic E-state index is 5.93. The first kappa shape index (κ1) is 10.9. The summed E-state index contributed by atoms with van der Waals surface area (Å²) >= 11 is 13.4. The second-order valence-electron chi connectivity index (χ2n) is 2.99. The molecule has 2 aromatic carbocycles. The summed E-state index contributed by atoms with van der Waals surface area (Å²) in [6.07, 6.45) is 0. The Balaban J connectivity index is 2.22. The molecule has 0 unspecified atom stereocenters. The highest BCUT2D eigenvalue weighted by Gasteiger charge is 2.00. The van der Waals surface area contributed by atoms with Crippen LogP contribution < -0.4 is 0 Å². The van der Waals surface area contributed by atoms with Crippen LogP contribution in [0.2, 0.25) is 10.0 Å². The zero-order valence-electron chi connectivity index (χ0n) is 7.78. The van der Waals surface area contributed by atoms with Crippen LogP contribution in [0.5, 0.6) is 0 Å². The van der Waals surface area contributed by atoms with E-state index in [0.29, 0.717) is 10.0 Å². The van der Waals surface area contributed by atoms with Crippen molar-refractivity contribution in [2.75, 3.05) is 0 Å². The molecule has 0 aliphatic carbocycles. The molecule has 0 nitrogen and oxygen atoms in total. The maximum atomic E-state index is 5.93. The summed E-state index contributed by atoms with van der Waals surface area (Å²) in [7, 11) is 0. The molecule has 0 amide bonds. The number of rotatable bonds is 2. The SMILES string of the molecule is Clc1ccc(Sc2ccccc2)cc1Cl. The van der Waals surface area contributed by atoms with Gasteiger partial charge in [0.2, 0.25) is 0 Å². The molecule has 0 spiro atoms. The quantitative estimate of drug-likeness (QED) is 0.715. The first-order valence-electron chi connectivity index (χ1n) is 4.43. The van der Waals surface area contributed by atoms with Crippen molar-refractivity contribution in [3.63, 3.8) is 0 Å². The molecule has 3 heteroatoms. The van der Waals surface area contributed by atoms with Gasteiger partial charge in [-0.2, -0.15) is 0 Å². The third-order valence-corrected chi connectivity index (χ3v) is 3.61. The lowest BCUT2D eigenvalue weighted by Crippen LogP contribution is -1.74. The average molecular weight is 255 g/mol. The molecular formula is C12H8Cl2S. The molecule has 0 fully saturated rings. The Labute approximate surface area is 103 Å². The van der Waals surface area contributed by atoms with E-state index in [-0.39, 0.29) is 0 Å². The summed E-state index contributed by atoms with van der Waals surface area (Å²) in [6.45, 7) is 0. The highest BCUT2D eigenvalue weighted by atomic mass is 35.5. The molecule has 0 heterocycles. The van der Waals surface area contributed by atoms with E-state index in [4.69, 9.17) is 23.2 Å². The van der Waals surface area contributed by atoms with Crippen LogP contribution in [0.3, 0.4) is 0 Å². The fraction of sp³-hybridized carbons (Fsp3) is 0. The van der Waals surface area contributed by atoms with E-state index in [1.165, 1.54) is 4.90 Å². The zero-order valence-corrected chi connectivity index (χ0v) is 10.1. The van der Waals surface area contributed by atoms with E-state index in [1.807, 2.05) is 36.4 Å². The Kier molecular flexibility index (Phi) is 3.57. The van der Waals surface area contributed by atoms with Crippen LogP contribution in [-0.4, -0.2) is 0 Å². The van der Waals surface area contributed by atoms with Crippen LogP contribution in [-0.2, 0) is 0 Å². The highest BCUT2D eigenvalue weighted by molar-refractivity contribution is 7.99. The number of hydrogen-bond donors (Lipinski definition) is 0. The Morgan fingerprint density at radius 1 is 0.733 bits per heavy atom. The standard InChI is InChI=1S/C12H8Cl2S/c13-11-7-6-10(8-12(11)14)15-9-4-2-1-3-5-9/h1-8H. The summed E-state index contributed by atoms with van der Waals surface area (Å²) in [6, 6.07) is 15.8. The lowest BCUT2D eigenvalue weighted by atomic mass is 10.4. The molecule has 0 aliphatic rings. The molecule has 0 bridgehead atoms. The van der Waals surface area contributed by atoms with Gasteiger partial charge in [-0.25, -0.2) is 0 Å². The first-order valence-corrected chi connectivity index (χ1v) is 6.01. The Bertz CT molecular complexity index is 454. The van der Waals surface area contributed by atoms with Crippen LogP contribution in [0, 0.1) is 0 Å². The smallest absolute Gasteiger partial charge is 0.0603 e. The Morgan fingerprint density at radius 2 is 1.47 bits per heavy atom. The summed E-state index contributed by atoms with van der Waals surface area (Å²) < 4.78 is 0. The number of hydrogen-bond acceptors (Lipinski definition) is 1. The fourth-order valence-electron chi connectivity index (χ4n) is 1.16. The van der Waals surface area contributed by atoms with Crippen molar-refractivity contribution in [2.24, 2.45) is 0 Å². The lowest BCUT2D eigenvalue weighted by Gasteiger charge is -2.02. The van der Waals surface area contributed by atoms with Gasteiger partial charge in [0.05, 0.1) is 10.0 Å². The van der Waals surface area contributed by atoms with Gasteiger partial charge in [-0.15, -0.1) is 0 Å². The van der Waals surface area contributed by atoms with Gasteiger partial charge in [-0.1, -0.05) is 53.2 Å². The number of halogens is 2.